The monoisotopic (exact) mass is 566 g/mol. The van der Waals surface area contributed by atoms with Gasteiger partial charge >= 0.3 is 12.1 Å². The van der Waals surface area contributed by atoms with Gasteiger partial charge in [-0.05, 0) is 26.0 Å². The number of aromatic nitrogens is 2. The third kappa shape index (κ3) is 4.42. The van der Waals surface area contributed by atoms with Crippen LogP contribution in [0.1, 0.15) is 43.8 Å². The second-order valence-corrected chi connectivity index (χ2v) is 9.73. The molecule has 13 heteroatoms. The first-order valence-corrected chi connectivity index (χ1v) is 12.8. The van der Waals surface area contributed by atoms with Crippen LogP contribution < -0.4 is 15.1 Å². The Labute approximate surface area is 232 Å². The van der Waals surface area contributed by atoms with E-state index in [4.69, 9.17) is 9.47 Å². The van der Waals surface area contributed by atoms with Crippen molar-refractivity contribution in [2.75, 3.05) is 38.2 Å². The number of carbonyl (C=O) groups excluding carboxylic acids is 3. The minimum atomic E-state index is -1.38. The zero-order chi connectivity index (χ0) is 29.7. The number of aryl methyl sites for hydroxylation is 1. The Balaban J connectivity index is 1.37. The number of pyridine rings is 1. The van der Waals surface area contributed by atoms with Crippen molar-refractivity contribution in [3.63, 3.8) is 0 Å². The summed E-state index contributed by atoms with van der Waals surface area (Å²) < 4.78 is 29.0. The number of ether oxygens (including phenoxy) is 2. The first-order chi connectivity index (χ1) is 19.5. The van der Waals surface area contributed by atoms with E-state index in [9.17, 15) is 29.1 Å². The second kappa shape index (κ2) is 10.2. The molecule has 0 saturated carbocycles. The van der Waals surface area contributed by atoms with Crippen LogP contribution in [0.25, 0.3) is 10.9 Å². The number of Topliss-reactive ketones (excluding diaryl/α,β-unsaturated/α-hetero) is 1. The van der Waals surface area contributed by atoms with Gasteiger partial charge in [-0.25, -0.2) is 14.0 Å². The van der Waals surface area contributed by atoms with E-state index in [1.165, 1.54) is 28.8 Å². The van der Waals surface area contributed by atoms with Crippen molar-refractivity contribution in [2.24, 2.45) is 7.05 Å². The third-order valence-corrected chi connectivity index (χ3v) is 7.59. The molecule has 0 unspecified atom stereocenters. The molecular weight excluding hydrogens is 539 g/mol. The Morgan fingerprint density at radius 2 is 1.78 bits per heavy atom. The molecule has 0 bridgehead atoms. The van der Waals surface area contributed by atoms with Gasteiger partial charge in [-0.3, -0.25) is 14.4 Å². The van der Waals surface area contributed by atoms with E-state index >= 15 is 4.39 Å². The lowest BCUT2D eigenvalue weighted by molar-refractivity contribution is 0.0694. The number of fused-ring (bicyclic) bond motifs is 2. The van der Waals surface area contributed by atoms with Crippen LogP contribution in [-0.4, -0.2) is 76.1 Å². The van der Waals surface area contributed by atoms with Crippen LogP contribution in [0.2, 0.25) is 0 Å². The maximum atomic E-state index is 15.2. The average molecular weight is 567 g/mol. The number of aromatic carboxylic acids is 1. The van der Waals surface area contributed by atoms with Crippen molar-refractivity contribution in [3.8, 4) is 5.75 Å². The first kappa shape index (κ1) is 27.6. The van der Waals surface area contributed by atoms with Gasteiger partial charge in [0, 0.05) is 57.4 Å². The Bertz CT molecular complexity index is 1740. The van der Waals surface area contributed by atoms with Crippen LogP contribution in [0, 0.1) is 12.7 Å². The molecule has 2 aromatic heterocycles. The van der Waals surface area contributed by atoms with Crippen molar-refractivity contribution < 1.29 is 38.1 Å². The quantitative estimate of drug-likeness (QED) is 0.494. The van der Waals surface area contributed by atoms with Crippen molar-refractivity contribution in [3.05, 3.63) is 68.7 Å². The zero-order valence-corrected chi connectivity index (χ0v) is 22.8. The lowest BCUT2D eigenvalue weighted by atomic mass is 9.99. The number of hydrogen-bond donors (Lipinski definition) is 1. The first-order valence-electron chi connectivity index (χ1n) is 12.8. The predicted octanol–water partition coefficient (Wildman–Crippen LogP) is 2.74. The Morgan fingerprint density at radius 1 is 1.10 bits per heavy atom. The maximum Gasteiger partial charge on any atom is 0.415 e. The number of allylic oxidation sites excluding steroid dienone is 2. The number of carboxylic acid groups (broad SMARTS) is 1. The van der Waals surface area contributed by atoms with Crippen LogP contribution in [0.4, 0.5) is 14.9 Å². The molecule has 1 aliphatic carbocycles. The van der Waals surface area contributed by atoms with Gasteiger partial charge in [-0.2, -0.15) is 0 Å². The molecule has 1 fully saturated rings. The molecule has 0 atom stereocenters. The summed E-state index contributed by atoms with van der Waals surface area (Å²) in [5, 5.41) is 9.33. The molecule has 1 aromatic carbocycles. The van der Waals surface area contributed by atoms with Gasteiger partial charge in [-0.1, -0.05) is 0 Å². The number of anilines is 1. The Morgan fingerprint density at radius 3 is 2.39 bits per heavy atom. The van der Waals surface area contributed by atoms with Crippen molar-refractivity contribution in [1.29, 1.82) is 0 Å². The molecule has 3 heterocycles. The molecule has 2 aliphatic rings. The number of amides is 1. The molecule has 214 valence electrons. The van der Waals surface area contributed by atoms with Gasteiger partial charge in [0.2, 0.25) is 17.0 Å². The fourth-order valence-corrected chi connectivity index (χ4v) is 5.27. The largest absolute Gasteiger partial charge is 0.492 e. The number of hydrogen-bond acceptors (Lipinski definition) is 8. The Kier molecular flexibility index (Phi) is 6.89. The summed E-state index contributed by atoms with van der Waals surface area (Å²) in [7, 11) is 2.87. The molecule has 41 heavy (non-hydrogen) atoms. The summed E-state index contributed by atoms with van der Waals surface area (Å²) in [5.41, 5.74) is -0.0991. The second-order valence-electron chi connectivity index (χ2n) is 9.73. The predicted molar refractivity (Wildman–Crippen MR) is 145 cm³/mol. The molecule has 0 spiro atoms. The molecule has 1 saturated heterocycles. The molecule has 12 nitrogen and oxygen atoms in total. The van der Waals surface area contributed by atoms with Crippen molar-refractivity contribution in [1.82, 2.24) is 14.0 Å². The summed E-state index contributed by atoms with van der Waals surface area (Å²) in [6, 6.07) is 2.56. The van der Waals surface area contributed by atoms with Gasteiger partial charge in [0.05, 0.1) is 29.6 Å². The minimum absolute atomic E-state index is 0.0187. The van der Waals surface area contributed by atoms with Crippen LogP contribution in [-0.2, 0) is 18.3 Å². The van der Waals surface area contributed by atoms with Gasteiger partial charge in [0.15, 0.2) is 11.5 Å². The van der Waals surface area contributed by atoms with E-state index in [0.717, 1.165) is 12.1 Å². The van der Waals surface area contributed by atoms with Gasteiger partial charge < -0.3 is 33.5 Å². The zero-order valence-electron chi connectivity index (χ0n) is 22.8. The Hall–Kier alpha value is -4.94. The van der Waals surface area contributed by atoms with E-state index < -0.39 is 40.4 Å². The number of nitrogens with zero attached hydrogens (tertiary/aromatic N) is 4. The fraction of sp³-hybridized carbons (Fsp3) is 0.321. The molecule has 1 aliphatic heterocycles. The van der Waals surface area contributed by atoms with E-state index in [1.807, 2.05) is 0 Å². The van der Waals surface area contributed by atoms with Crippen molar-refractivity contribution >= 4 is 40.2 Å². The van der Waals surface area contributed by atoms with E-state index in [2.05, 4.69) is 0 Å². The smallest absolute Gasteiger partial charge is 0.415 e. The summed E-state index contributed by atoms with van der Waals surface area (Å²) in [6.07, 6.45) is 1.62. The van der Waals surface area contributed by atoms with Crippen LogP contribution in [0.3, 0.4) is 0 Å². The molecule has 5 rings (SSSR count). The number of ketones is 2. The average Bonchev–Trinajstić information content (AvgIpc) is 3.20. The van der Waals surface area contributed by atoms with E-state index in [0.29, 0.717) is 17.8 Å². The summed E-state index contributed by atoms with van der Waals surface area (Å²) in [4.78, 5) is 65.9. The number of piperazine rings is 1. The molecular formula is C28H27FN4O8. The fourth-order valence-electron chi connectivity index (χ4n) is 5.27. The number of carboxylic acids is 1. The minimum Gasteiger partial charge on any atom is -0.492 e. The van der Waals surface area contributed by atoms with Gasteiger partial charge in [0.1, 0.15) is 17.1 Å². The molecule has 1 N–H and O–H groups in total. The SMILES string of the molecule is CCn1cc(C(=O)O)c(=O)c2cc(F)c(N3CCN(C(=O)Oc4c5c(n(C)c4C)C(=O)C=C(OC)C5=O)CC3)cc21. The third-order valence-electron chi connectivity index (χ3n) is 7.59. The summed E-state index contributed by atoms with van der Waals surface area (Å²) in [5.74, 6) is -3.25. The van der Waals surface area contributed by atoms with Crippen LogP contribution in [0.15, 0.2) is 35.0 Å². The number of carbonyl (C=O) groups is 4. The highest BCUT2D eigenvalue weighted by atomic mass is 19.1. The molecule has 0 radical (unpaired) electrons. The van der Waals surface area contributed by atoms with E-state index in [1.54, 1.807) is 30.4 Å². The van der Waals surface area contributed by atoms with Gasteiger partial charge in [0.25, 0.3) is 0 Å². The highest BCUT2D eigenvalue weighted by molar-refractivity contribution is 6.24. The van der Waals surface area contributed by atoms with Crippen LogP contribution >= 0.6 is 0 Å². The molecule has 3 aromatic rings. The number of halogens is 1. The number of rotatable bonds is 5. The maximum absolute atomic E-state index is 15.2. The topological polar surface area (TPSA) is 140 Å². The highest BCUT2D eigenvalue weighted by Crippen LogP contribution is 2.35. The molecule has 1 amide bonds. The number of methoxy groups -OCH3 is 1. The highest BCUT2D eigenvalue weighted by Gasteiger charge is 2.37. The summed E-state index contributed by atoms with van der Waals surface area (Å²) in [6.45, 7) is 4.58. The van der Waals surface area contributed by atoms with E-state index in [-0.39, 0.29) is 60.0 Å². The van der Waals surface area contributed by atoms with Gasteiger partial charge in [-0.15, -0.1) is 0 Å². The summed E-state index contributed by atoms with van der Waals surface area (Å²) >= 11 is 0. The lowest BCUT2D eigenvalue weighted by Crippen LogP contribution is -2.50. The lowest BCUT2D eigenvalue weighted by Gasteiger charge is -2.35. The van der Waals surface area contributed by atoms with Crippen molar-refractivity contribution in [2.45, 2.75) is 20.4 Å². The standard InChI is InChI=1S/C28H27FN4O8/c1-5-31-13-16(27(37)38)24(35)15-10-17(29)19(11-18(15)31)32-6-8-33(9-7-32)28(39)41-26-14(2)30(3)23-20(34)12-21(40-4)25(36)22(23)26/h10-13H,5-9H2,1-4H3,(H,37,38). The normalized spacial score (nSPS) is 15.2. The number of benzene rings is 1. The van der Waals surface area contributed by atoms with Crippen LogP contribution in [0.5, 0.6) is 5.75 Å².